The fourth-order valence-electron chi connectivity index (χ4n) is 10.3. The number of thioether (sulfide) groups is 1. The fraction of sp³-hybridized carbons (Fsp3) is 0.821. The van der Waals surface area contributed by atoms with Crippen LogP contribution in [-0.2, 0) is 57.5 Å². The molecule has 0 saturated heterocycles. The van der Waals surface area contributed by atoms with Crippen LogP contribution in [0.4, 0.5) is 0 Å². The molecule has 542 valence electrons. The van der Waals surface area contributed by atoms with E-state index < -0.39 is 168 Å². The summed E-state index contributed by atoms with van der Waals surface area (Å²) in [5.41, 5.74) is 6.12. The number of carbonyl (C=O) groups is 12. The molecular formula is C67H124N12O14S. The summed E-state index contributed by atoms with van der Waals surface area (Å²) < 4.78 is 0. The molecular weight excluding hydrogens is 1230 g/mol. The van der Waals surface area contributed by atoms with Crippen LogP contribution in [0.1, 0.15) is 203 Å². The number of carbonyl (C=O) groups excluding carboxylic acids is 11. The minimum absolute atomic E-state index is 0.0274. The fourth-order valence-corrected chi connectivity index (χ4v) is 10.8. The molecule has 11 amide bonds. The van der Waals surface area contributed by atoms with Crippen molar-refractivity contribution in [2.75, 3.05) is 18.6 Å². The molecule has 27 heteroatoms. The zero-order valence-corrected chi connectivity index (χ0v) is 61.3. The Morgan fingerprint density at radius 2 is 0.553 bits per heavy atom. The number of hydrogen-bond acceptors (Lipinski definition) is 15. The number of carboxylic acids is 1. The maximum absolute atomic E-state index is 14.4. The zero-order chi connectivity index (χ0) is 72.6. The van der Waals surface area contributed by atoms with Crippen LogP contribution in [0.3, 0.4) is 0 Å². The zero-order valence-electron chi connectivity index (χ0n) is 60.5. The predicted octanol–water partition coefficient (Wildman–Crippen LogP) is 3.55. The maximum Gasteiger partial charge on any atom is 0.326 e. The van der Waals surface area contributed by atoms with Crippen LogP contribution in [-0.4, -0.2) is 172 Å². The lowest BCUT2D eigenvalue weighted by molar-refractivity contribution is -0.143. The Morgan fingerprint density at radius 1 is 0.330 bits per heavy atom. The molecule has 15 N–H and O–H groups in total. The maximum atomic E-state index is 14.4. The summed E-state index contributed by atoms with van der Waals surface area (Å²) in [6.45, 7) is 35.2. The van der Waals surface area contributed by atoms with Gasteiger partial charge in [-0.3, -0.25) is 52.7 Å². The van der Waals surface area contributed by atoms with Gasteiger partial charge in [-0.05, 0) is 123 Å². The van der Waals surface area contributed by atoms with E-state index in [2.05, 4.69) is 58.5 Å². The Balaban J connectivity index is 6.79. The summed E-state index contributed by atoms with van der Waals surface area (Å²) >= 11 is 1.53. The molecule has 0 aromatic heterocycles. The molecule has 0 rings (SSSR count). The highest BCUT2D eigenvalue weighted by molar-refractivity contribution is 7.98. The van der Waals surface area contributed by atoms with Crippen molar-refractivity contribution in [3.63, 3.8) is 0 Å². The van der Waals surface area contributed by atoms with Crippen molar-refractivity contribution in [1.82, 2.24) is 58.5 Å². The van der Waals surface area contributed by atoms with Crippen molar-refractivity contribution in [3.8, 4) is 0 Å². The molecule has 0 fully saturated rings. The molecule has 0 aliphatic carbocycles. The summed E-state index contributed by atoms with van der Waals surface area (Å²) in [7, 11) is 0. The number of nitrogens with one attached hydrogen (secondary N) is 11. The van der Waals surface area contributed by atoms with E-state index in [4.69, 9.17) is 5.73 Å². The van der Waals surface area contributed by atoms with E-state index in [0.717, 1.165) is 0 Å². The molecule has 0 aliphatic heterocycles. The van der Waals surface area contributed by atoms with Crippen LogP contribution in [0, 0.1) is 59.2 Å². The second-order valence-corrected chi connectivity index (χ2v) is 29.8. The first-order valence-electron chi connectivity index (χ1n) is 34.1. The molecule has 0 bridgehead atoms. The van der Waals surface area contributed by atoms with E-state index in [1.165, 1.54) is 11.8 Å². The highest BCUT2D eigenvalue weighted by Crippen LogP contribution is 2.18. The van der Waals surface area contributed by atoms with Crippen LogP contribution >= 0.6 is 11.8 Å². The highest BCUT2D eigenvalue weighted by Gasteiger charge is 2.39. The normalized spacial score (nSPS) is 16.2. The van der Waals surface area contributed by atoms with E-state index in [1.807, 2.05) is 110 Å². The van der Waals surface area contributed by atoms with Gasteiger partial charge in [0.2, 0.25) is 65.0 Å². The van der Waals surface area contributed by atoms with Crippen LogP contribution in [0.15, 0.2) is 0 Å². The van der Waals surface area contributed by atoms with E-state index >= 15 is 0 Å². The number of aliphatic carboxylic acids is 1. The molecule has 26 nitrogen and oxygen atoms in total. The van der Waals surface area contributed by atoms with Crippen molar-refractivity contribution >= 4 is 82.7 Å². The van der Waals surface area contributed by atoms with E-state index in [1.54, 1.807) is 34.6 Å². The third kappa shape index (κ3) is 33.5. The summed E-state index contributed by atoms with van der Waals surface area (Å²) in [6, 6.07) is -14.5. The third-order valence-electron chi connectivity index (χ3n) is 16.0. The molecule has 0 spiro atoms. The third-order valence-corrected chi connectivity index (χ3v) is 16.6. The molecule has 0 radical (unpaired) electrons. The number of amides is 11. The van der Waals surface area contributed by atoms with E-state index in [9.17, 15) is 67.7 Å². The average Bonchev–Trinajstić information content (AvgIpc) is 0.964. The average molecular weight is 1350 g/mol. The Bertz CT molecular complexity index is 2430. The first-order chi connectivity index (χ1) is 43.6. The number of aliphatic hydroxyl groups excluding tert-OH is 1. The van der Waals surface area contributed by atoms with Gasteiger partial charge >= 0.3 is 5.97 Å². The van der Waals surface area contributed by atoms with Crippen LogP contribution in [0.2, 0.25) is 0 Å². The molecule has 0 heterocycles. The summed E-state index contributed by atoms with van der Waals surface area (Å²) in [5, 5.41) is 50.4. The number of rotatable bonds is 46. The van der Waals surface area contributed by atoms with Gasteiger partial charge in [-0.2, -0.15) is 11.8 Å². The van der Waals surface area contributed by atoms with Gasteiger partial charge < -0.3 is 74.4 Å². The lowest BCUT2D eigenvalue weighted by Crippen LogP contribution is -2.62. The second kappa shape index (κ2) is 44.6. The lowest BCUT2D eigenvalue weighted by atomic mass is 9.95. The standard InChI is InChI=1S/C67H124N12O14S/c1-22-42(19)54(65(90)75-51(67(92)93)32-40(15)16)78-62(87)50(31-39(13)14)73-59(84)47(28-36(7)8)71-60(85)49(30-38(11)12)74-64(89)53(41(17)18)77-66(91)55(43(20)23-2)79-63(88)52(33-80)76-61(86)48(29-37(9)10)72-58(83)46(27-35(5)6)70-57(82)45(26-34(3)4)69-56(81)44(68)24-25-94-21/h34-55,80H,22-33,68H2,1-21H3,(H,69,81)(H,70,82)(H,71,85)(H,72,83)(H,73,84)(H,74,89)(H,75,90)(H,76,86)(H,77,91)(H,78,87)(H,79,88)(H,92,93)/t42-,43-,44-,45-,46-,47-,48-,49-,50-,51-,52-,53-,54-,55-/m0/s1. The molecule has 0 aromatic rings. The Morgan fingerprint density at radius 3 is 0.819 bits per heavy atom. The Kier molecular flexibility index (Phi) is 41.7. The van der Waals surface area contributed by atoms with Crippen molar-refractivity contribution in [2.45, 2.75) is 275 Å². The largest absolute Gasteiger partial charge is 0.480 e. The van der Waals surface area contributed by atoms with Gasteiger partial charge in [0.25, 0.3) is 0 Å². The lowest BCUT2D eigenvalue weighted by Gasteiger charge is -2.31. The van der Waals surface area contributed by atoms with Crippen molar-refractivity contribution in [3.05, 3.63) is 0 Å². The minimum Gasteiger partial charge on any atom is -0.480 e. The Hall–Kier alpha value is -6.09. The number of hydrogen-bond donors (Lipinski definition) is 14. The van der Waals surface area contributed by atoms with E-state index in [-0.39, 0.29) is 86.4 Å². The first kappa shape index (κ1) is 87.9. The number of nitrogens with two attached hydrogens (primary N) is 1. The van der Waals surface area contributed by atoms with Gasteiger partial charge in [-0.1, -0.05) is 151 Å². The predicted molar refractivity (Wildman–Crippen MR) is 367 cm³/mol. The molecule has 94 heavy (non-hydrogen) atoms. The number of carboxylic acid groups (broad SMARTS) is 1. The van der Waals surface area contributed by atoms with Crippen molar-refractivity contribution < 1.29 is 67.7 Å². The van der Waals surface area contributed by atoms with Crippen LogP contribution < -0.4 is 64.2 Å². The quantitative estimate of drug-likeness (QED) is 0.0414. The first-order valence-corrected chi connectivity index (χ1v) is 35.5. The SMILES string of the molecule is CC[C@H](C)[C@H](NC(=O)[C@H](CC(C)C)NC(=O)[C@H](CC(C)C)NC(=O)[C@H](CC(C)C)NC(=O)[C@@H](NC(=O)[C@@H](NC(=O)[C@H](CO)NC(=O)[C@H](CC(C)C)NC(=O)[C@H](CC(C)C)NC(=O)[C@H](CC(C)C)NC(=O)[C@@H](N)CCSC)[C@@H](C)CC)C(C)C)C(=O)N[C@@H](CC(C)C)C(=O)O. The molecule has 0 aliphatic rings. The monoisotopic (exact) mass is 1350 g/mol. The molecule has 0 unspecified atom stereocenters. The van der Waals surface area contributed by atoms with Gasteiger partial charge in [-0.15, -0.1) is 0 Å². The van der Waals surface area contributed by atoms with Crippen LogP contribution in [0.25, 0.3) is 0 Å². The van der Waals surface area contributed by atoms with E-state index in [0.29, 0.717) is 25.0 Å². The summed E-state index contributed by atoms with van der Waals surface area (Å²) in [6.07, 6.45) is 4.06. The van der Waals surface area contributed by atoms with Gasteiger partial charge in [0, 0.05) is 0 Å². The second-order valence-electron chi connectivity index (χ2n) is 28.8. The van der Waals surface area contributed by atoms with Gasteiger partial charge in [-0.25, -0.2) is 4.79 Å². The van der Waals surface area contributed by atoms with Gasteiger partial charge in [0.05, 0.1) is 12.6 Å². The number of aliphatic hydroxyl groups is 1. The van der Waals surface area contributed by atoms with Crippen molar-refractivity contribution in [2.24, 2.45) is 64.9 Å². The summed E-state index contributed by atoms with van der Waals surface area (Å²) in [4.78, 5) is 167. The molecule has 0 aromatic carbocycles. The topological polar surface area (TPSA) is 404 Å². The summed E-state index contributed by atoms with van der Waals surface area (Å²) in [5.74, 6) is -11.0. The molecule has 14 atom stereocenters. The highest BCUT2D eigenvalue weighted by atomic mass is 32.2. The van der Waals surface area contributed by atoms with Crippen LogP contribution in [0.5, 0.6) is 0 Å². The van der Waals surface area contributed by atoms with Gasteiger partial charge in [0.1, 0.15) is 66.5 Å². The minimum atomic E-state index is -1.64. The molecule has 0 saturated carbocycles. The Labute approximate surface area is 565 Å². The smallest absolute Gasteiger partial charge is 0.326 e. The van der Waals surface area contributed by atoms with Gasteiger partial charge in [0.15, 0.2) is 0 Å². The van der Waals surface area contributed by atoms with Crippen molar-refractivity contribution in [1.29, 1.82) is 0 Å².